The summed E-state index contributed by atoms with van der Waals surface area (Å²) >= 11 is 0. The number of hydrogen-bond donors (Lipinski definition) is 1. The maximum atomic E-state index is 13.5. The van der Waals surface area contributed by atoms with E-state index in [9.17, 15) is 14.3 Å². The van der Waals surface area contributed by atoms with Crippen molar-refractivity contribution in [3.63, 3.8) is 0 Å². The van der Waals surface area contributed by atoms with Crippen molar-refractivity contribution < 1.29 is 19.0 Å². The van der Waals surface area contributed by atoms with Crippen molar-refractivity contribution >= 4 is 5.97 Å². The number of aromatic nitrogens is 1. The zero-order valence-corrected chi connectivity index (χ0v) is 8.81. The minimum atomic E-state index is -1.35. The first-order chi connectivity index (χ1) is 7.62. The van der Waals surface area contributed by atoms with E-state index in [1.54, 1.807) is 0 Å². The largest absolute Gasteiger partial charge is 0.467 e. The van der Waals surface area contributed by atoms with Crippen LogP contribution in [-0.2, 0) is 14.9 Å². The third kappa shape index (κ3) is 1.57. The first-order valence-corrected chi connectivity index (χ1v) is 4.99. The molecule has 1 fully saturated rings. The minimum absolute atomic E-state index is 0.146. The average molecular weight is 225 g/mol. The molecule has 0 bridgehead atoms. The van der Waals surface area contributed by atoms with E-state index in [2.05, 4.69) is 9.72 Å². The lowest BCUT2D eigenvalue weighted by Crippen LogP contribution is -2.36. The van der Waals surface area contributed by atoms with Gasteiger partial charge in [0.25, 0.3) is 0 Å². The van der Waals surface area contributed by atoms with Crippen LogP contribution in [0.3, 0.4) is 0 Å². The molecule has 0 spiro atoms. The molecule has 1 aliphatic carbocycles. The van der Waals surface area contributed by atoms with Gasteiger partial charge >= 0.3 is 5.97 Å². The highest BCUT2D eigenvalue weighted by Gasteiger charge is 2.56. The third-order valence-electron chi connectivity index (χ3n) is 2.97. The molecule has 0 saturated heterocycles. The molecule has 1 saturated carbocycles. The fourth-order valence-corrected chi connectivity index (χ4v) is 1.86. The van der Waals surface area contributed by atoms with Crippen LogP contribution in [-0.4, -0.2) is 29.3 Å². The first-order valence-electron chi connectivity index (χ1n) is 4.99. The molecule has 1 aromatic heterocycles. The van der Waals surface area contributed by atoms with Crippen molar-refractivity contribution in [3.05, 3.63) is 29.8 Å². The van der Waals surface area contributed by atoms with Gasteiger partial charge in [-0.05, 0) is 25.0 Å². The van der Waals surface area contributed by atoms with Crippen LogP contribution in [0, 0.1) is 5.82 Å². The summed E-state index contributed by atoms with van der Waals surface area (Å²) < 4.78 is 18.0. The van der Waals surface area contributed by atoms with Crippen molar-refractivity contribution in [1.82, 2.24) is 4.98 Å². The number of esters is 1. The predicted octanol–water partition coefficient (Wildman–Crippen LogP) is 0.786. The highest BCUT2D eigenvalue weighted by molar-refractivity contribution is 5.77. The van der Waals surface area contributed by atoms with Gasteiger partial charge < -0.3 is 9.84 Å². The SMILES string of the molecule is COC(=O)C(O)C1(c2ncccc2F)CC1. The van der Waals surface area contributed by atoms with Gasteiger partial charge in [0.15, 0.2) is 6.10 Å². The van der Waals surface area contributed by atoms with Crippen molar-refractivity contribution in [2.45, 2.75) is 24.4 Å². The second kappa shape index (κ2) is 3.83. The van der Waals surface area contributed by atoms with Crippen LogP contribution in [0.5, 0.6) is 0 Å². The lowest BCUT2D eigenvalue weighted by atomic mass is 9.94. The third-order valence-corrected chi connectivity index (χ3v) is 2.97. The first kappa shape index (κ1) is 11.0. The molecule has 1 aromatic rings. The Labute approximate surface area is 92.1 Å². The van der Waals surface area contributed by atoms with Gasteiger partial charge in [0.2, 0.25) is 0 Å². The molecule has 0 amide bonds. The van der Waals surface area contributed by atoms with Gasteiger partial charge in [0, 0.05) is 6.20 Å². The lowest BCUT2D eigenvalue weighted by Gasteiger charge is -2.19. The number of rotatable bonds is 3. The van der Waals surface area contributed by atoms with Crippen LogP contribution in [0.2, 0.25) is 0 Å². The highest BCUT2D eigenvalue weighted by Crippen LogP contribution is 2.51. The summed E-state index contributed by atoms with van der Waals surface area (Å²) in [5, 5.41) is 9.80. The molecule has 0 radical (unpaired) electrons. The minimum Gasteiger partial charge on any atom is -0.467 e. The number of carbonyl (C=O) groups is 1. The molecule has 2 rings (SSSR count). The van der Waals surface area contributed by atoms with Crippen LogP contribution in [0.15, 0.2) is 18.3 Å². The Hall–Kier alpha value is -1.49. The van der Waals surface area contributed by atoms with E-state index in [4.69, 9.17) is 0 Å². The Morgan fingerprint density at radius 3 is 2.88 bits per heavy atom. The van der Waals surface area contributed by atoms with Crippen molar-refractivity contribution in [2.24, 2.45) is 0 Å². The van der Waals surface area contributed by atoms with Crippen LogP contribution in [0.25, 0.3) is 0 Å². The summed E-state index contributed by atoms with van der Waals surface area (Å²) in [6.07, 6.45) is 1.18. The van der Waals surface area contributed by atoms with Gasteiger partial charge in [-0.15, -0.1) is 0 Å². The van der Waals surface area contributed by atoms with Crippen molar-refractivity contribution in [2.75, 3.05) is 7.11 Å². The quantitative estimate of drug-likeness (QED) is 0.772. The maximum Gasteiger partial charge on any atom is 0.335 e. The van der Waals surface area contributed by atoms with Crippen LogP contribution < -0.4 is 0 Å². The van der Waals surface area contributed by atoms with E-state index in [0.29, 0.717) is 12.8 Å². The Bertz CT molecular complexity index is 417. The van der Waals surface area contributed by atoms with Crippen LogP contribution in [0.4, 0.5) is 4.39 Å². The number of aliphatic hydroxyl groups excluding tert-OH is 1. The van der Waals surface area contributed by atoms with E-state index in [1.165, 1.54) is 25.4 Å². The monoisotopic (exact) mass is 225 g/mol. The summed E-state index contributed by atoms with van der Waals surface area (Å²) in [6.45, 7) is 0. The molecular weight excluding hydrogens is 213 g/mol. The van der Waals surface area contributed by atoms with Gasteiger partial charge in [0.05, 0.1) is 18.2 Å². The summed E-state index contributed by atoms with van der Waals surface area (Å²) in [5.41, 5.74) is -0.744. The van der Waals surface area contributed by atoms with E-state index < -0.39 is 23.3 Å². The summed E-state index contributed by atoms with van der Waals surface area (Å²) in [7, 11) is 1.19. The van der Waals surface area contributed by atoms with Gasteiger partial charge in [-0.1, -0.05) is 0 Å². The summed E-state index contributed by atoms with van der Waals surface area (Å²) in [5.74, 6) is -1.24. The molecule has 4 nitrogen and oxygen atoms in total. The number of nitrogens with zero attached hydrogens (tertiary/aromatic N) is 1. The lowest BCUT2D eigenvalue weighted by molar-refractivity contribution is -0.152. The van der Waals surface area contributed by atoms with E-state index >= 15 is 0 Å². The number of ether oxygens (including phenoxy) is 1. The number of aliphatic hydroxyl groups is 1. The van der Waals surface area contributed by atoms with Gasteiger partial charge in [-0.25, -0.2) is 9.18 Å². The standard InChI is InChI=1S/C11H12FNO3/c1-16-10(15)9(14)11(4-5-11)8-7(12)3-2-6-13-8/h2-3,6,9,14H,4-5H2,1H3. The highest BCUT2D eigenvalue weighted by atomic mass is 19.1. The van der Waals surface area contributed by atoms with E-state index in [0.717, 1.165) is 0 Å². The van der Waals surface area contributed by atoms with Crippen LogP contribution >= 0.6 is 0 Å². The second-order valence-electron chi connectivity index (χ2n) is 3.92. The van der Waals surface area contributed by atoms with E-state index in [1.807, 2.05) is 0 Å². The maximum absolute atomic E-state index is 13.5. The fraction of sp³-hybridized carbons (Fsp3) is 0.455. The molecule has 1 N–H and O–H groups in total. The molecule has 1 atom stereocenters. The normalized spacial score (nSPS) is 18.9. The Morgan fingerprint density at radius 2 is 2.38 bits per heavy atom. The Morgan fingerprint density at radius 1 is 1.69 bits per heavy atom. The topological polar surface area (TPSA) is 59.4 Å². The van der Waals surface area contributed by atoms with Gasteiger partial charge in [-0.3, -0.25) is 4.98 Å². The van der Waals surface area contributed by atoms with Crippen molar-refractivity contribution in [3.8, 4) is 0 Å². The fourth-order valence-electron chi connectivity index (χ4n) is 1.86. The van der Waals surface area contributed by atoms with Gasteiger partial charge in [-0.2, -0.15) is 0 Å². The summed E-state index contributed by atoms with van der Waals surface area (Å²) in [4.78, 5) is 15.2. The molecule has 1 heterocycles. The van der Waals surface area contributed by atoms with Crippen molar-refractivity contribution in [1.29, 1.82) is 0 Å². The average Bonchev–Trinajstić information content (AvgIpc) is 3.09. The zero-order chi connectivity index (χ0) is 11.8. The van der Waals surface area contributed by atoms with E-state index in [-0.39, 0.29) is 5.69 Å². The van der Waals surface area contributed by atoms with Crippen LogP contribution in [0.1, 0.15) is 18.5 Å². The molecule has 0 aromatic carbocycles. The zero-order valence-electron chi connectivity index (χ0n) is 8.81. The van der Waals surface area contributed by atoms with Gasteiger partial charge in [0.1, 0.15) is 5.82 Å². The molecule has 86 valence electrons. The number of pyridine rings is 1. The molecule has 0 aliphatic heterocycles. The Kier molecular flexibility index (Phi) is 2.63. The molecule has 1 aliphatic rings. The molecule has 5 heteroatoms. The summed E-state index contributed by atoms with van der Waals surface area (Å²) in [6, 6.07) is 2.74. The molecular formula is C11H12FNO3. The number of carbonyl (C=O) groups excluding carboxylic acids is 1. The molecule has 1 unspecified atom stereocenters. The second-order valence-corrected chi connectivity index (χ2v) is 3.92. The number of halogens is 1. The smallest absolute Gasteiger partial charge is 0.335 e. The molecule has 16 heavy (non-hydrogen) atoms. The number of hydrogen-bond acceptors (Lipinski definition) is 4. The number of methoxy groups -OCH3 is 1. The Balaban J connectivity index is 2.33. The predicted molar refractivity (Wildman–Crippen MR) is 53.1 cm³/mol.